The summed E-state index contributed by atoms with van der Waals surface area (Å²) in [6.07, 6.45) is 27.9. The predicted octanol–water partition coefficient (Wildman–Crippen LogP) is 7.14. The molecule has 7 unspecified atom stereocenters. The molecule has 7 atom stereocenters. The Hall–Kier alpha value is 0.0390. The molecule has 10 heteroatoms. The van der Waals surface area contributed by atoms with Gasteiger partial charge in [0, 0.05) is 20.2 Å². The van der Waals surface area contributed by atoms with Gasteiger partial charge in [-0.3, -0.25) is 0 Å². The Morgan fingerprint density at radius 2 is 1.02 bits per heavy atom. The monoisotopic (exact) mass is 752 g/mol. The van der Waals surface area contributed by atoms with Gasteiger partial charge in [-0.05, 0) is 50.9 Å². The molecule has 280 valence electrons. The molecule has 0 amide bonds. The van der Waals surface area contributed by atoms with Gasteiger partial charge in [-0.15, -0.1) is 37.8 Å². The molecule has 0 aromatic heterocycles. The van der Waals surface area contributed by atoms with Gasteiger partial charge in [0.15, 0.2) is 0 Å². The topological polar surface area (TPSA) is 103 Å². The maximum absolute atomic E-state index is 11.8. The standard InChI is InChI=1S/C36H62N6O.CH4O.2Cu/c43-36-30(28-41(24-16-32-12-1-5-20-37-32)25-17-33-13-2-6-21-38-33)10-9-11-31(36)29-42(26-18-34-14-3-7-22-39-34)27-19-35-15-4-8-23-40-35;1-2;;/h1,5,12,20,30-36,43H,2-4,6-11,13-19,21-29H2;2H,1H3;;/q-4;;2*+1. The number of rotatable bonds is 16. The van der Waals surface area contributed by atoms with E-state index in [4.69, 9.17) is 21.1 Å². The van der Waals surface area contributed by atoms with Crippen molar-refractivity contribution in [3.63, 3.8) is 0 Å². The van der Waals surface area contributed by atoms with E-state index in [1.54, 1.807) is 0 Å². The molecule has 5 rings (SSSR count). The van der Waals surface area contributed by atoms with Crippen molar-refractivity contribution < 1.29 is 44.4 Å². The number of piperidine rings is 3. The van der Waals surface area contributed by atoms with Crippen LogP contribution in [0.25, 0.3) is 21.3 Å². The third kappa shape index (κ3) is 16.3. The van der Waals surface area contributed by atoms with Crippen LogP contribution in [0.5, 0.6) is 0 Å². The zero-order valence-corrected chi connectivity index (χ0v) is 31.1. The van der Waals surface area contributed by atoms with Gasteiger partial charge in [0.2, 0.25) is 0 Å². The van der Waals surface area contributed by atoms with E-state index in [0.717, 1.165) is 91.7 Å². The summed E-state index contributed by atoms with van der Waals surface area (Å²) in [6, 6.07) is 1.91. The number of nitrogens with zero attached hydrogens (tertiary/aromatic N) is 6. The Labute approximate surface area is 309 Å². The fourth-order valence-corrected chi connectivity index (χ4v) is 8.23. The third-order valence-corrected chi connectivity index (χ3v) is 11.0. The molecule has 4 heterocycles. The summed E-state index contributed by atoms with van der Waals surface area (Å²) in [6.45, 7) is 9.60. The molecule has 5 aliphatic rings. The molecule has 4 aliphatic heterocycles. The average Bonchev–Trinajstić information content (AvgIpc) is 3.11. The summed E-state index contributed by atoms with van der Waals surface area (Å²) in [7, 11) is 1.00. The van der Waals surface area contributed by atoms with Crippen molar-refractivity contribution in [3.05, 3.63) is 45.7 Å². The van der Waals surface area contributed by atoms with Crippen molar-refractivity contribution in [2.75, 3.05) is 66.0 Å². The van der Waals surface area contributed by atoms with Crippen LogP contribution in [-0.4, -0.2) is 116 Å². The SMILES string of the molecule is CO.OC1C(CN(CCC2C=CC=C[N-]2)CCC2CCCC[N-]2)CCCC1CN(CCC1CCCC[N-]1)CCC1CCCC[N-]1.[Cu+].[Cu+]. The molecule has 2 N–H and O–H groups in total. The second-order valence-corrected chi connectivity index (χ2v) is 14.3. The van der Waals surface area contributed by atoms with Crippen LogP contribution < -0.4 is 0 Å². The van der Waals surface area contributed by atoms with Crippen LogP contribution in [0.15, 0.2) is 24.4 Å². The molecule has 0 radical (unpaired) electrons. The normalized spacial score (nSPS) is 30.9. The molecular weight excluding hydrogens is 688 g/mol. The van der Waals surface area contributed by atoms with Gasteiger partial charge < -0.3 is 41.3 Å². The molecule has 1 aliphatic carbocycles. The Morgan fingerprint density at radius 3 is 1.40 bits per heavy atom. The molecule has 4 fully saturated rings. The summed E-state index contributed by atoms with van der Waals surface area (Å²) in [4.78, 5) is 5.37. The minimum atomic E-state index is -0.209. The van der Waals surface area contributed by atoms with Crippen molar-refractivity contribution in [2.24, 2.45) is 11.8 Å². The van der Waals surface area contributed by atoms with Crippen molar-refractivity contribution in [1.29, 1.82) is 0 Å². The molecule has 3 saturated heterocycles. The number of aliphatic hydroxyl groups excluding tert-OH is 2. The summed E-state index contributed by atoms with van der Waals surface area (Å²) < 4.78 is 0. The molecular formula is C37H66Cu2N6O2-2. The van der Waals surface area contributed by atoms with Gasteiger partial charge in [0.25, 0.3) is 0 Å². The molecule has 0 aromatic carbocycles. The number of allylic oxidation sites excluding steroid dienone is 2. The third-order valence-electron chi connectivity index (χ3n) is 11.0. The van der Waals surface area contributed by atoms with Gasteiger partial charge in [-0.25, -0.2) is 0 Å². The Balaban J connectivity index is 0.00000188. The van der Waals surface area contributed by atoms with Crippen LogP contribution in [0.1, 0.15) is 103 Å². The van der Waals surface area contributed by atoms with E-state index in [-0.39, 0.29) is 46.3 Å². The van der Waals surface area contributed by atoms with E-state index in [1.807, 2.05) is 12.3 Å². The van der Waals surface area contributed by atoms with Crippen LogP contribution >= 0.6 is 0 Å². The smallest absolute Gasteiger partial charge is 0.685 e. The molecule has 47 heavy (non-hydrogen) atoms. The van der Waals surface area contributed by atoms with Crippen LogP contribution in [0.2, 0.25) is 0 Å². The van der Waals surface area contributed by atoms with Gasteiger partial charge in [0.05, 0.1) is 6.10 Å². The van der Waals surface area contributed by atoms with Crippen molar-refractivity contribution in [2.45, 2.75) is 133 Å². The maximum atomic E-state index is 11.8. The van der Waals surface area contributed by atoms with Gasteiger partial charge in [-0.2, -0.15) is 6.20 Å². The quantitative estimate of drug-likeness (QED) is 0.164. The summed E-state index contributed by atoms with van der Waals surface area (Å²) in [5.41, 5.74) is 0. The van der Waals surface area contributed by atoms with E-state index in [0.29, 0.717) is 30.0 Å². The van der Waals surface area contributed by atoms with E-state index in [2.05, 4.69) is 27.3 Å². The van der Waals surface area contributed by atoms with Crippen molar-refractivity contribution in [1.82, 2.24) is 9.80 Å². The molecule has 1 saturated carbocycles. The van der Waals surface area contributed by atoms with Gasteiger partial charge >= 0.3 is 34.1 Å². The van der Waals surface area contributed by atoms with Gasteiger partial charge in [0.1, 0.15) is 0 Å². The van der Waals surface area contributed by atoms with E-state index >= 15 is 0 Å². The predicted molar refractivity (Wildman–Crippen MR) is 189 cm³/mol. The first-order valence-electron chi connectivity index (χ1n) is 18.8. The Bertz CT molecular complexity index is 799. The summed E-state index contributed by atoms with van der Waals surface area (Å²) in [5, 5.41) is 38.3. The van der Waals surface area contributed by atoms with Crippen LogP contribution in [0.3, 0.4) is 0 Å². The molecule has 8 nitrogen and oxygen atoms in total. The number of hydrogen-bond acceptors (Lipinski definition) is 4. The van der Waals surface area contributed by atoms with E-state index < -0.39 is 0 Å². The Morgan fingerprint density at radius 1 is 0.574 bits per heavy atom. The molecule has 0 bridgehead atoms. The fourth-order valence-electron chi connectivity index (χ4n) is 8.23. The minimum absolute atomic E-state index is 0. The first kappa shape index (κ1) is 43.2. The van der Waals surface area contributed by atoms with Crippen LogP contribution in [0, 0.1) is 11.8 Å². The molecule has 0 spiro atoms. The maximum Gasteiger partial charge on any atom is 1.00 e. The van der Waals surface area contributed by atoms with Crippen LogP contribution in [-0.2, 0) is 34.1 Å². The zero-order chi connectivity index (χ0) is 31.5. The first-order chi connectivity index (χ1) is 22.2. The van der Waals surface area contributed by atoms with Crippen LogP contribution in [0.4, 0.5) is 0 Å². The number of aliphatic hydroxyl groups is 2. The minimum Gasteiger partial charge on any atom is -0.685 e. The summed E-state index contributed by atoms with van der Waals surface area (Å²) in [5.74, 6) is 0.742. The van der Waals surface area contributed by atoms with Gasteiger partial charge in [-0.1, -0.05) is 114 Å². The van der Waals surface area contributed by atoms with E-state index in [9.17, 15) is 5.11 Å². The van der Waals surface area contributed by atoms with Crippen molar-refractivity contribution >= 4 is 0 Å². The summed E-state index contributed by atoms with van der Waals surface area (Å²) >= 11 is 0. The average molecular weight is 754 g/mol. The van der Waals surface area contributed by atoms with E-state index in [1.165, 1.54) is 77.0 Å². The second-order valence-electron chi connectivity index (χ2n) is 14.3. The molecule has 0 aromatic rings. The largest absolute Gasteiger partial charge is 1.00 e. The fraction of sp³-hybridized carbons (Fsp3) is 0.892. The number of hydrogen-bond donors (Lipinski definition) is 2. The zero-order valence-electron chi connectivity index (χ0n) is 29.2. The first-order valence-corrected chi connectivity index (χ1v) is 18.8. The second kappa shape index (κ2) is 25.9. The Kier molecular flexibility index (Phi) is 23.8. The van der Waals surface area contributed by atoms with Crippen molar-refractivity contribution in [3.8, 4) is 0 Å².